The van der Waals surface area contributed by atoms with Gasteiger partial charge in [0.2, 0.25) is 11.4 Å². The zero-order valence-corrected chi connectivity index (χ0v) is 54.3. The van der Waals surface area contributed by atoms with Crippen LogP contribution in [0.4, 0.5) is 0 Å². The summed E-state index contributed by atoms with van der Waals surface area (Å²) in [5, 5.41) is 2.87. The van der Waals surface area contributed by atoms with Gasteiger partial charge in [-0.25, -0.2) is 4.70 Å². The van der Waals surface area contributed by atoms with Crippen LogP contribution in [0.25, 0.3) is 16.9 Å². The van der Waals surface area contributed by atoms with E-state index in [1.54, 1.807) is 0 Å². The third kappa shape index (κ3) is 37.9. The van der Waals surface area contributed by atoms with Gasteiger partial charge in [-0.15, -0.1) is 0 Å². The topological polar surface area (TPSA) is 25.3 Å². The average molecular weight is 1120 g/mol. The number of nitrogens with zero attached hydrogens (tertiary/aromatic N) is 2. The molecular formula is C75H132N2Ni. The van der Waals surface area contributed by atoms with Crippen LogP contribution in [0.3, 0.4) is 0 Å². The number of rotatable bonds is 55. The minimum Gasteiger partial charge on any atom is -0.493 e. The Labute approximate surface area is 494 Å². The molecule has 0 aliphatic carbocycles. The van der Waals surface area contributed by atoms with Gasteiger partial charge in [-0.05, 0) is 80.8 Å². The Hall–Kier alpha value is -1.99. The fraction of sp³-hybridized carbons (Fsp3) is 0.787. The van der Waals surface area contributed by atoms with E-state index in [0.717, 1.165) is 54.6 Å². The van der Waals surface area contributed by atoms with Gasteiger partial charge in [0.25, 0.3) is 0 Å². The zero-order valence-electron chi connectivity index (χ0n) is 53.3. The van der Waals surface area contributed by atoms with E-state index in [2.05, 4.69) is 90.1 Å². The molecule has 1 heterocycles. The Morgan fingerprint density at radius 2 is 0.577 bits per heavy atom. The van der Waals surface area contributed by atoms with E-state index in [-0.39, 0.29) is 0 Å². The average Bonchev–Trinajstić information content (AvgIpc) is 3.93. The van der Waals surface area contributed by atoms with Gasteiger partial charge < -0.3 is 5.53 Å². The Morgan fingerprint density at radius 3 is 0.885 bits per heavy atom. The van der Waals surface area contributed by atoms with E-state index >= 15 is 0 Å². The van der Waals surface area contributed by atoms with Crippen LogP contribution in [0.5, 0.6) is 0 Å². The van der Waals surface area contributed by atoms with Crippen LogP contribution < -0.4 is 0 Å². The Balaban J connectivity index is 0.000000543. The molecule has 3 heteroatoms. The molecule has 78 heavy (non-hydrogen) atoms. The van der Waals surface area contributed by atoms with Gasteiger partial charge in [-0.2, -0.15) is 0 Å². The summed E-state index contributed by atoms with van der Waals surface area (Å²) < 4.78 is 1.49. The van der Waals surface area contributed by atoms with Crippen molar-refractivity contribution < 1.29 is 19.1 Å². The van der Waals surface area contributed by atoms with E-state index in [4.69, 9.17) is 0 Å². The molecule has 0 radical (unpaired) electrons. The SMILES string of the molecule is CCCCCCCCCCCCCCCCCCCC[CH2][Ni][CH2]CCCCCCCCCCCCCCCCCCCC.CCCCCCc1cccc(C2=C(C)C(CCCC)=C(c3cccc(CCCCCC)c3)[N+]2=[N-])c1. The van der Waals surface area contributed by atoms with E-state index in [0.29, 0.717) is 0 Å². The van der Waals surface area contributed by atoms with Gasteiger partial charge in [0.15, 0.2) is 0 Å². The van der Waals surface area contributed by atoms with Crippen LogP contribution in [-0.4, -0.2) is 4.70 Å². The molecule has 2 nitrogen and oxygen atoms in total. The number of allylic oxidation sites excluding steroid dienone is 2. The summed E-state index contributed by atoms with van der Waals surface area (Å²) in [7, 11) is 0. The second kappa shape index (κ2) is 54.3. The molecule has 1 aliphatic heterocycles. The quantitative estimate of drug-likeness (QED) is 0.0358. The van der Waals surface area contributed by atoms with Crippen LogP contribution in [0.2, 0.25) is 10.8 Å². The van der Waals surface area contributed by atoms with Crippen molar-refractivity contribution in [2.24, 2.45) is 0 Å². The molecule has 0 unspecified atom stereocenters. The molecule has 0 aromatic heterocycles. The molecule has 0 fully saturated rings. The fourth-order valence-electron chi connectivity index (χ4n) is 11.8. The van der Waals surface area contributed by atoms with Gasteiger partial charge in [-0.1, -0.05) is 207 Å². The first kappa shape index (κ1) is 72.1. The van der Waals surface area contributed by atoms with Gasteiger partial charge in [0.05, 0.1) is 0 Å². The maximum absolute atomic E-state index is 11.6. The van der Waals surface area contributed by atoms with Crippen LogP contribution in [0, 0.1) is 0 Å². The minimum atomic E-state index is 0.954. The van der Waals surface area contributed by atoms with Crippen molar-refractivity contribution in [3.8, 4) is 0 Å². The molecule has 452 valence electrons. The Morgan fingerprint density at radius 1 is 0.308 bits per heavy atom. The maximum atomic E-state index is 11.6. The molecule has 1 aliphatic rings. The summed E-state index contributed by atoms with van der Waals surface area (Å²) in [4.78, 5) is 0. The molecule has 0 bridgehead atoms. The zero-order chi connectivity index (χ0) is 56.0. The van der Waals surface area contributed by atoms with Crippen LogP contribution >= 0.6 is 0 Å². The Bertz CT molecular complexity index is 1680. The van der Waals surface area contributed by atoms with Crippen molar-refractivity contribution in [2.45, 2.75) is 380 Å². The monoisotopic (exact) mass is 1120 g/mol. The van der Waals surface area contributed by atoms with Gasteiger partial charge in [0, 0.05) is 22.3 Å². The first-order valence-corrected chi connectivity index (χ1v) is 36.5. The number of hydrogen-bond donors (Lipinski definition) is 0. The molecule has 2 aromatic rings. The summed E-state index contributed by atoms with van der Waals surface area (Å²) in [6.07, 6.45) is 71.9. The molecule has 0 N–H and O–H groups in total. The third-order valence-electron chi connectivity index (χ3n) is 17.0. The molecule has 0 amide bonds. The number of unbranched alkanes of at least 4 members (excludes halogenated alkanes) is 43. The van der Waals surface area contributed by atoms with Crippen molar-refractivity contribution in [3.63, 3.8) is 0 Å². The molecule has 0 saturated carbocycles. The summed E-state index contributed by atoms with van der Waals surface area (Å²) in [5.74, 6) is 0. The standard InChI is InChI=1S/C33H46N2.2C21H43.Ni/c1-5-8-11-13-17-27-19-15-21-29(24-27)32-26(4)31(23-10-7-3)33(35(32)34)30-22-16-20-28(25-30)18-14-12-9-6-2;2*1-3-5-7-9-11-13-15-17-19-21-20-18-16-14-12-10-8-6-4-2;/h15-16,19-22,24-25H,5-14,17-18,23H2,1-4H3;2*1,3-21H2,2H3;. The van der Waals surface area contributed by atoms with Gasteiger partial charge in [-0.3, -0.25) is 0 Å². The van der Waals surface area contributed by atoms with E-state index in [1.807, 2.05) is 14.4 Å². The van der Waals surface area contributed by atoms with E-state index < -0.39 is 0 Å². The van der Waals surface area contributed by atoms with E-state index in [9.17, 15) is 5.53 Å². The predicted octanol–water partition coefficient (Wildman–Crippen LogP) is 27.1. The third-order valence-corrected chi connectivity index (χ3v) is 18.4. The van der Waals surface area contributed by atoms with E-state index in [1.165, 1.54) is 333 Å². The van der Waals surface area contributed by atoms with Crippen LogP contribution in [-0.2, 0) is 27.3 Å². The molecule has 0 saturated heterocycles. The van der Waals surface area contributed by atoms with Crippen molar-refractivity contribution in [2.75, 3.05) is 0 Å². The smallest absolute Gasteiger partial charge is 0.493 e. The summed E-state index contributed by atoms with van der Waals surface area (Å²) >= 11 is 2.05. The molecule has 3 rings (SSSR count). The second-order valence-corrected chi connectivity index (χ2v) is 25.9. The van der Waals surface area contributed by atoms with Crippen molar-refractivity contribution in [1.82, 2.24) is 0 Å². The van der Waals surface area contributed by atoms with Crippen LogP contribution in [0.1, 0.15) is 378 Å². The number of benzene rings is 2. The summed E-state index contributed by atoms with van der Waals surface area (Å²) in [6, 6.07) is 17.7. The van der Waals surface area contributed by atoms with Crippen molar-refractivity contribution >= 4 is 11.4 Å². The first-order chi connectivity index (χ1) is 38.5. The molecule has 2 aromatic carbocycles. The van der Waals surface area contributed by atoms with Gasteiger partial charge >= 0.3 is 166 Å². The fourth-order valence-corrected chi connectivity index (χ4v) is 13.1. The summed E-state index contributed by atoms with van der Waals surface area (Å²) in [6.45, 7) is 13.6. The number of hydrogen-bond acceptors (Lipinski definition) is 0. The summed E-state index contributed by atoms with van der Waals surface area (Å²) in [5.41, 5.74) is 21.0. The first-order valence-electron chi connectivity index (χ1n) is 35.1. The van der Waals surface area contributed by atoms with Crippen LogP contribution in [0.15, 0.2) is 59.7 Å². The normalized spacial score (nSPS) is 12.7. The van der Waals surface area contributed by atoms with Gasteiger partial charge in [0.1, 0.15) is 0 Å². The van der Waals surface area contributed by atoms with Crippen molar-refractivity contribution in [1.29, 1.82) is 0 Å². The second-order valence-electron chi connectivity index (χ2n) is 24.4. The van der Waals surface area contributed by atoms with Crippen molar-refractivity contribution in [3.05, 3.63) is 87.5 Å². The predicted molar refractivity (Wildman–Crippen MR) is 348 cm³/mol. The Kier molecular flexibility index (Phi) is 50.2. The molecular weight excluding hydrogens is 988 g/mol. The minimum absolute atomic E-state index is 0.954. The number of aryl methyl sites for hydroxylation is 2. The molecule has 0 atom stereocenters. The molecule has 0 spiro atoms.